The molecule has 4 N–H and O–H groups in total. The normalized spacial score (nSPS) is 11.3. The Morgan fingerprint density at radius 3 is 2.03 bits per heavy atom. The van der Waals surface area contributed by atoms with E-state index in [1.165, 1.54) is 36.0 Å². The van der Waals surface area contributed by atoms with Crippen molar-refractivity contribution < 1.29 is 19.3 Å². The number of anilines is 2. The molecular formula is C28H22N4O5S. The first-order valence-electron chi connectivity index (χ1n) is 11.4. The summed E-state index contributed by atoms with van der Waals surface area (Å²) in [6, 6.07) is 28.0. The second-order valence-corrected chi connectivity index (χ2v) is 9.30. The molecule has 1 atom stereocenters. The number of nitrogens with one attached hydrogen (secondary N) is 2. The van der Waals surface area contributed by atoms with E-state index in [1.54, 1.807) is 48.5 Å². The van der Waals surface area contributed by atoms with Crippen LogP contribution in [0.2, 0.25) is 0 Å². The molecule has 0 bridgehead atoms. The van der Waals surface area contributed by atoms with Crippen LogP contribution in [-0.4, -0.2) is 22.6 Å². The maximum atomic E-state index is 13.3. The Kier molecular flexibility index (Phi) is 8.14. The molecule has 0 aliphatic rings. The van der Waals surface area contributed by atoms with Crippen LogP contribution in [0.1, 0.15) is 31.5 Å². The number of primary amides is 1. The van der Waals surface area contributed by atoms with Gasteiger partial charge in [0.05, 0.1) is 4.92 Å². The lowest BCUT2D eigenvalue weighted by Gasteiger charge is -2.17. The van der Waals surface area contributed by atoms with Crippen LogP contribution >= 0.6 is 11.8 Å². The molecular weight excluding hydrogens is 504 g/mol. The summed E-state index contributed by atoms with van der Waals surface area (Å²) in [5.41, 5.74) is 7.45. The first-order chi connectivity index (χ1) is 18.3. The summed E-state index contributed by atoms with van der Waals surface area (Å²) in [6.07, 6.45) is 0. The molecule has 10 heteroatoms. The van der Waals surface area contributed by atoms with Gasteiger partial charge in [0, 0.05) is 39.5 Å². The van der Waals surface area contributed by atoms with E-state index in [1.807, 2.05) is 30.3 Å². The van der Waals surface area contributed by atoms with Gasteiger partial charge in [-0.25, -0.2) is 0 Å². The molecule has 0 spiro atoms. The highest BCUT2D eigenvalue weighted by molar-refractivity contribution is 8.00. The molecule has 0 aliphatic carbocycles. The zero-order valence-corrected chi connectivity index (χ0v) is 20.7. The minimum Gasteiger partial charge on any atom is -0.366 e. The van der Waals surface area contributed by atoms with Gasteiger partial charge in [0.1, 0.15) is 5.25 Å². The van der Waals surface area contributed by atoms with Gasteiger partial charge < -0.3 is 16.4 Å². The molecule has 4 aromatic rings. The van der Waals surface area contributed by atoms with E-state index in [2.05, 4.69) is 10.6 Å². The van der Waals surface area contributed by atoms with Crippen molar-refractivity contribution in [3.05, 3.63) is 130 Å². The van der Waals surface area contributed by atoms with Gasteiger partial charge in [-0.3, -0.25) is 24.5 Å². The maximum Gasteiger partial charge on any atom is 0.270 e. The molecule has 4 rings (SSSR count). The second-order valence-electron chi connectivity index (χ2n) is 8.13. The highest BCUT2D eigenvalue weighted by atomic mass is 32.2. The predicted octanol–water partition coefficient (Wildman–Crippen LogP) is 5.42. The number of non-ortho nitro benzene ring substituents is 1. The van der Waals surface area contributed by atoms with Gasteiger partial charge in [-0.1, -0.05) is 36.4 Å². The Balaban J connectivity index is 1.47. The Morgan fingerprint density at radius 1 is 0.763 bits per heavy atom. The van der Waals surface area contributed by atoms with Crippen LogP contribution in [0.15, 0.2) is 108 Å². The van der Waals surface area contributed by atoms with Gasteiger partial charge in [0.25, 0.3) is 11.6 Å². The molecule has 0 saturated carbocycles. The standard InChI is InChI=1S/C28H22N4O5S/c29-26(33)19-9-11-21(12-10-19)31-28(35)25(18-5-2-1-3-6-18)38-24-15-13-22(14-16-24)30-27(34)20-7-4-8-23(17-20)32(36)37/h1-17,25H,(H2,29,33)(H,30,34)(H,31,35). The third-order valence-electron chi connectivity index (χ3n) is 5.46. The first-order valence-corrected chi connectivity index (χ1v) is 12.3. The Morgan fingerprint density at radius 2 is 1.39 bits per heavy atom. The number of nitro groups is 1. The summed E-state index contributed by atoms with van der Waals surface area (Å²) in [5.74, 6) is -1.28. The lowest BCUT2D eigenvalue weighted by molar-refractivity contribution is -0.384. The zero-order chi connectivity index (χ0) is 27.1. The summed E-state index contributed by atoms with van der Waals surface area (Å²) in [7, 11) is 0. The fourth-order valence-electron chi connectivity index (χ4n) is 3.54. The van der Waals surface area contributed by atoms with Crippen LogP contribution < -0.4 is 16.4 Å². The fourth-order valence-corrected chi connectivity index (χ4v) is 4.57. The van der Waals surface area contributed by atoms with Crippen LogP contribution in [0.3, 0.4) is 0 Å². The van der Waals surface area contributed by atoms with Gasteiger partial charge in [-0.2, -0.15) is 0 Å². The third kappa shape index (κ3) is 6.62. The SMILES string of the molecule is NC(=O)c1ccc(NC(=O)C(Sc2ccc(NC(=O)c3cccc([N+](=O)[O-])c3)cc2)c2ccccc2)cc1. The van der Waals surface area contributed by atoms with Crippen molar-refractivity contribution in [3.63, 3.8) is 0 Å². The Labute approximate surface area is 222 Å². The van der Waals surface area contributed by atoms with Crippen LogP contribution in [0.25, 0.3) is 0 Å². The second kappa shape index (κ2) is 11.8. The first kappa shape index (κ1) is 26.1. The number of nitrogens with zero attached hydrogens (tertiary/aromatic N) is 1. The number of carbonyl (C=O) groups excluding carboxylic acids is 3. The number of carbonyl (C=O) groups is 3. The molecule has 9 nitrogen and oxygen atoms in total. The topological polar surface area (TPSA) is 144 Å². The van der Waals surface area contributed by atoms with Crippen molar-refractivity contribution in [1.29, 1.82) is 0 Å². The van der Waals surface area contributed by atoms with Crippen molar-refractivity contribution in [2.24, 2.45) is 5.73 Å². The van der Waals surface area contributed by atoms with Gasteiger partial charge in [-0.15, -0.1) is 11.8 Å². The summed E-state index contributed by atoms with van der Waals surface area (Å²) in [4.78, 5) is 48.3. The van der Waals surface area contributed by atoms with E-state index in [4.69, 9.17) is 5.73 Å². The average molecular weight is 527 g/mol. The summed E-state index contributed by atoms with van der Waals surface area (Å²) >= 11 is 1.33. The van der Waals surface area contributed by atoms with Gasteiger partial charge in [0.15, 0.2) is 0 Å². The van der Waals surface area contributed by atoms with E-state index in [0.717, 1.165) is 10.5 Å². The van der Waals surface area contributed by atoms with Crippen molar-refractivity contribution in [1.82, 2.24) is 0 Å². The van der Waals surface area contributed by atoms with E-state index in [-0.39, 0.29) is 17.2 Å². The molecule has 4 aromatic carbocycles. The Hall–Kier alpha value is -4.96. The molecule has 1 unspecified atom stereocenters. The zero-order valence-electron chi connectivity index (χ0n) is 19.9. The molecule has 190 valence electrons. The van der Waals surface area contributed by atoms with Crippen molar-refractivity contribution in [3.8, 4) is 0 Å². The van der Waals surface area contributed by atoms with Crippen molar-refractivity contribution >= 4 is 46.5 Å². The average Bonchev–Trinajstić information content (AvgIpc) is 2.93. The van der Waals surface area contributed by atoms with Crippen molar-refractivity contribution in [2.75, 3.05) is 10.6 Å². The minimum atomic E-state index is -0.586. The van der Waals surface area contributed by atoms with Crippen LogP contribution in [0.4, 0.5) is 17.1 Å². The number of hydrogen-bond donors (Lipinski definition) is 3. The molecule has 0 radical (unpaired) electrons. The Bertz CT molecular complexity index is 1480. The van der Waals surface area contributed by atoms with Gasteiger partial charge in [0.2, 0.25) is 11.8 Å². The van der Waals surface area contributed by atoms with Crippen LogP contribution in [-0.2, 0) is 4.79 Å². The van der Waals surface area contributed by atoms with Crippen LogP contribution in [0, 0.1) is 10.1 Å². The molecule has 0 fully saturated rings. The lowest BCUT2D eigenvalue weighted by atomic mass is 10.1. The number of amides is 3. The molecule has 38 heavy (non-hydrogen) atoms. The van der Waals surface area contributed by atoms with E-state index >= 15 is 0 Å². The quantitative estimate of drug-likeness (QED) is 0.151. The van der Waals surface area contributed by atoms with Crippen molar-refractivity contribution in [2.45, 2.75) is 10.1 Å². The molecule has 0 heterocycles. The summed E-state index contributed by atoms with van der Waals surface area (Å²) < 4.78 is 0. The molecule has 0 aromatic heterocycles. The monoisotopic (exact) mass is 526 g/mol. The number of benzene rings is 4. The largest absolute Gasteiger partial charge is 0.366 e. The number of hydrogen-bond acceptors (Lipinski definition) is 6. The van der Waals surface area contributed by atoms with E-state index in [0.29, 0.717) is 16.9 Å². The number of nitro benzene ring substituents is 1. The highest BCUT2D eigenvalue weighted by Gasteiger charge is 2.22. The molecule has 0 saturated heterocycles. The molecule has 3 amide bonds. The smallest absolute Gasteiger partial charge is 0.270 e. The summed E-state index contributed by atoms with van der Waals surface area (Å²) in [6.45, 7) is 0. The van der Waals surface area contributed by atoms with E-state index in [9.17, 15) is 24.5 Å². The van der Waals surface area contributed by atoms with Gasteiger partial charge in [-0.05, 0) is 60.2 Å². The van der Waals surface area contributed by atoms with Crippen LogP contribution in [0.5, 0.6) is 0 Å². The third-order valence-corrected chi connectivity index (χ3v) is 6.73. The maximum absolute atomic E-state index is 13.3. The van der Waals surface area contributed by atoms with Gasteiger partial charge >= 0.3 is 0 Å². The minimum absolute atomic E-state index is 0.168. The highest BCUT2D eigenvalue weighted by Crippen LogP contribution is 2.36. The summed E-state index contributed by atoms with van der Waals surface area (Å²) in [5, 5.41) is 16.0. The number of thioether (sulfide) groups is 1. The predicted molar refractivity (Wildman–Crippen MR) is 146 cm³/mol. The number of rotatable bonds is 9. The lowest BCUT2D eigenvalue weighted by Crippen LogP contribution is -2.19. The number of nitrogens with two attached hydrogens (primary N) is 1. The fraction of sp³-hybridized carbons (Fsp3) is 0.0357. The molecule has 0 aliphatic heterocycles. The van der Waals surface area contributed by atoms with E-state index < -0.39 is 22.0 Å².